The van der Waals surface area contributed by atoms with Gasteiger partial charge in [-0.15, -0.1) is 0 Å². The van der Waals surface area contributed by atoms with Crippen LogP contribution >= 0.6 is 15.9 Å². The van der Waals surface area contributed by atoms with E-state index in [1.54, 1.807) is 4.90 Å². The van der Waals surface area contributed by atoms with Gasteiger partial charge in [0, 0.05) is 35.7 Å². The topological polar surface area (TPSA) is 59.1 Å². The first-order chi connectivity index (χ1) is 12.6. The molecule has 1 atom stereocenters. The summed E-state index contributed by atoms with van der Waals surface area (Å²) in [5.74, 6) is -0.319. The molecule has 0 saturated carbocycles. The predicted molar refractivity (Wildman–Crippen MR) is 99.6 cm³/mol. The lowest BCUT2D eigenvalue weighted by Crippen LogP contribution is -2.45. The fourth-order valence-corrected chi connectivity index (χ4v) is 4.46. The van der Waals surface area contributed by atoms with Crippen molar-refractivity contribution in [3.8, 4) is 0 Å². The fourth-order valence-electron chi connectivity index (χ4n) is 4.07. The second kappa shape index (κ2) is 7.66. The molecule has 6 nitrogen and oxygen atoms in total. The van der Waals surface area contributed by atoms with Crippen LogP contribution in [0, 0.1) is 11.8 Å². The summed E-state index contributed by atoms with van der Waals surface area (Å²) >= 11 is 3.44. The van der Waals surface area contributed by atoms with E-state index in [-0.39, 0.29) is 18.1 Å². The van der Waals surface area contributed by atoms with Gasteiger partial charge in [0.25, 0.3) is 0 Å². The van der Waals surface area contributed by atoms with Gasteiger partial charge in [-0.3, -0.25) is 9.59 Å². The lowest BCUT2D eigenvalue weighted by Gasteiger charge is -2.34. The number of benzene rings is 1. The number of rotatable bonds is 3. The first kappa shape index (κ1) is 17.9. The van der Waals surface area contributed by atoms with E-state index in [0.29, 0.717) is 45.2 Å². The van der Waals surface area contributed by atoms with Gasteiger partial charge >= 0.3 is 0 Å². The number of amides is 2. The Balaban J connectivity index is 1.36. The third-order valence-corrected chi connectivity index (χ3v) is 6.00. The predicted octanol–water partition coefficient (Wildman–Crippen LogP) is 2.41. The van der Waals surface area contributed by atoms with Crippen molar-refractivity contribution >= 4 is 33.4 Å². The Labute approximate surface area is 161 Å². The standard InChI is InChI=1S/C19H23BrN2O4/c20-14-2-1-3-15(12-14)22-9-6-16(18(22)24)17(23)21-7-4-13(5-8-21)19-25-10-11-26-19/h1-3,12-13,16,19H,4-11H2. The van der Waals surface area contributed by atoms with Gasteiger partial charge in [0.1, 0.15) is 5.92 Å². The normalized spacial score (nSPS) is 25.3. The third kappa shape index (κ3) is 3.52. The monoisotopic (exact) mass is 422 g/mol. The summed E-state index contributed by atoms with van der Waals surface area (Å²) in [6, 6.07) is 7.65. The van der Waals surface area contributed by atoms with Gasteiger partial charge in [0.15, 0.2) is 6.29 Å². The van der Waals surface area contributed by atoms with Crippen LogP contribution in [0.2, 0.25) is 0 Å². The van der Waals surface area contributed by atoms with Gasteiger partial charge in [0.2, 0.25) is 11.8 Å². The summed E-state index contributed by atoms with van der Waals surface area (Å²) in [7, 11) is 0. The zero-order valence-electron chi connectivity index (χ0n) is 14.6. The fraction of sp³-hybridized carbons (Fsp3) is 0.579. The van der Waals surface area contributed by atoms with Crippen LogP contribution in [0.5, 0.6) is 0 Å². The number of hydrogen-bond acceptors (Lipinski definition) is 4. The number of nitrogens with zero attached hydrogens (tertiary/aromatic N) is 2. The number of likely N-dealkylation sites (tertiary alicyclic amines) is 1. The summed E-state index contributed by atoms with van der Waals surface area (Å²) in [6.45, 7) is 3.25. The summed E-state index contributed by atoms with van der Waals surface area (Å²) < 4.78 is 12.1. The molecule has 3 heterocycles. The molecule has 1 aromatic carbocycles. The quantitative estimate of drug-likeness (QED) is 0.701. The summed E-state index contributed by atoms with van der Waals surface area (Å²) in [5.41, 5.74) is 0.842. The smallest absolute Gasteiger partial charge is 0.239 e. The molecule has 0 spiro atoms. The van der Waals surface area contributed by atoms with Crippen molar-refractivity contribution in [3.63, 3.8) is 0 Å². The highest BCUT2D eigenvalue weighted by atomic mass is 79.9. The van der Waals surface area contributed by atoms with E-state index >= 15 is 0 Å². The van der Waals surface area contributed by atoms with E-state index in [0.717, 1.165) is 23.0 Å². The Morgan fingerprint density at radius 3 is 2.50 bits per heavy atom. The van der Waals surface area contributed by atoms with Gasteiger partial charge < -0.3 is 19.3 Å². The number of halogens is 1. The molecule has 1 unspecified atom stereocenters. The lowest BCUT2D eigenvalue weighted by atomic mass is 9.94. The zero-order chi connectivity index (χ0) is 18.1. The molecular formula is C19H23BrN2O4. The summed E-state index contributed by atoms with van der Waals surface area (Å²) in [4.78, 5) is 29.3. The molecule has 4 rings (SSSR count). The van der Waals surface area contributed by atoms with E-state index in [2.05, 4.69) is 15.9 Å². The molecule has 0 N–H and O–H groups in total. The Morgan fingerprint density at radius 2 is 1.81 bits per heavy atom. The van der Waals surface area contributed by atoms with E-state index in [4.69, 9.17) is 9.47 Å². The maximum Gasteiger partial charge on any atom is 0.239 e. The molecule has 2 amide bonds. The van der Waals surface area contributed by atoms with Crippen molar-refractivity contribution in [3.05, 3.63) is 28.7 Å². The molecular weight excluding hydrogens is 400 g/mol. The minimum atomic E-state index is -0.551. The van der Waals surface area contributed by atoms with Gasteiger partial charge in [0.05, 0.1) is 13.2 Å². The summed E-state index contributed by atoms with van der Waals surface area (Å²) in [5, 5.41) is 0. The van der Waals surface area contributed by atoms with E-state index < -0.39 is 5.92 Å². The van der Waals surface area contributed by atoms with Crippen molar-refractivity contribution in [1.29, 1.82) is 0 Å². The van der Waals surface area contributed by atoms with Crippen LogP contribution in [0.3, 0.4) is 0 Å². The van der Waals surface area contributed by atoms with Crippen LogP contribution in [0.1, 0.15) is 19.3 Å². The highest BCUT2D eigenvalue weighted by Gasteiger charge is 2.41. The molecule has 0 bridgehead atoms. The van der Waals surface area contributed by atoms with Crippen molar-refractivity contribution in [2.24, 2.45) is 11.8 Å². The average Bonchev–Trinajstić information content (AvgIpc) is 3.31. The molecule has 140 valence electrons. The minimum absolute atomic E-state index is 0.0285. The van der Waals surface area contributed by atoms with E-state index in [9.17, 15) is 9.59 Å². The van der Waals surface area contributed by atoms with Gasteiger partial charge in [-0.25, -0.2) is 0 Å². The second-order valence-electron chi connectivity index (χ2n) is 7.08. The van der Waals surface area contributed by atoms with Crippen molar-refractivity contribution in [1.82, 2.24) is 4.90 Å². The summed E-state index contributed by atoms with van der Waals surface area (Å²) in [6.07, 6.45) is 2.20. The number of anilines is 1. The maximum atomic E-state index is 12.9. The lowest BCUT2D eigenvalue weighted by molar-refractivity contribution is -0.144. The highest BCUT2D eigenvalue weighted by molar-refractivity contribution is 9.10. The minimum Gasteiger partial charge on any atom is -0.350 e. The van der Waals surface area contributed by atoms with Crippen LogP contribution in [0.4, 0.5) is 5.69 Å². The average molecular weight is 423 g/mol. The van der Waals surface area contributed by atoms with Crippen LogP contribution in [-0.4, -0.2) is 55.9 Å². The van der Waals surface area contributed by atoms with Crippen LogP contribution < -0.4 is 4.90 Å². The number of piperidine rings is 1. The SMILES string of the molecule is O=C(C1CCN(c2cccc(Br)c2)C1=O)N1CCC(C2OCCO2)CC1. The first-order valence-electron chi connectivity index (χ1n) is 9.22. The maximum absolute atomic E-state index is 12.9. The number of carbonyl (C=O) groups excluding carboxylic acids is 2. The Bertz CT molecular complexity index is 684. The molecule has 0 radical (unpaired) electrons. The molecule has 3 fully saturated rings. The van der Waals surface area contributed by atoms with Crippen LogP contribution in [-0.2, 0) is 19.1 Å². The molecule has 1 aromatic rings. The molecule has 7 heteroatoms. The number of ether oxygens (including phenoxy) is 2. The van der Waals surface area contributed by atoms with Gasteiger partial charge in [-0.1, -0.05) is 22.0 Å². The molecule has 3 saturated heterocycles. The van der Waals surface area contributed by atoms with Crippen molar-refractivity contribution in [2.75, 3.05) is 37.7 Å². The van der Waals surface area contributed by atoms with Crippen LogP contribution in [0.25, 0.3) is 0 Å². The Hall–Kier alpha value is -1.44. The second-order valence-corrected chi connectivity index (χ2v) is 8.00. The van der Waals surface area contributed by atoms with E-state index in [1.807, 2.05) is 29.2 Å². The van der Waals surface area contributed by atoms with Crippen molar-refractivity contribution in [2.45, 2.75) is 25.6 Å². The third-order valence-electron chi connectivity index (χ3n) is 5.51. The molecule has 0 aliphatic carbocycles. The number of hydrogen-bond donors (Lipinski definition) is 0. The largest absolute Gasteiger partial charge is 0.350 e. The molecule has 0 aromatic heterocycles. The molecule has 3 aliphatic heterocycles. The van der Waals surface area contributed by atoms with Crippen LogP contribution in [0.15, 0.2) is 28.7 Å². The number of carbonyl (C=O) groups is 2. The van der Waals surface area contributed by atoms with Gasteiger partial charge in [-0.05, 0) is 37.5 Å². The molecule has 26 heavy (non-hydrogen) atoms. The first-order valence-corrected chi connectivity index (χ1v) is 10.0. The Kier molecular flexibility index (Phi) is 5.29. The zero-order valence-corrected chi connectivity index (χ0v) is 16.2. The highest BCUT2D eigenvalue weighted by Crippen LogP contribution is 2.31. The van der Waals surface area contributed by atoms with Crippen molar-refractivity contribution < 1.29 is 19.1 Å². The molecule has 3 aliphatic rings. The van der Waals surface area contributed by atoms with Gasteiger partial charge in [-0.2, -0.15) is 0 Å². The Morgan fingerprint density at radius 1 is 1.08 bits per heavy atom. The van der Waals surface area contributed by atoms with E-state index in [1.165, 1.54) is 0 Å².